The maximum atomic E-state index is 11.8. The zero-order valence-electron chi connectivity index (χ0n) is 9.23. The van der Waals surface area contributed by atoms with Gasteiger partial charge in [-0.25, -0.2) is 0 Å². The second kappa shape index (κ2) is 4.01. The number of aryl methyl sites for hydroxylation is 1. The molecule has 1 fully saturated rings. The van der Waals surface area contributed by atoms with Crippen molar-refractivity contribution in [3.05, 3.63) is 27.5 Å². The third-order valence-electron chi connectivity index (χ3n) is 3.23. The van der Waals surface area contributed by atoms with Crippen LogP contribution in [0.1, 0.15) is 42.9 Å². The van der Waals surface area contributed by atoms with Gasteiger partial charge in [-0.05, 0) is 25.3 Å². The molecule has 0 atom stereocenters. The van der Waals surface area contributed by atoms with Gasteiger partial charge in [0.15, 0.2) is 0 Å². The van der Waals surface area contributed by atoms with Gasteiger partial charge in [-0.2, -0.15) is 5.26 Å². The average molecular weight is 218 g/mol. The number of nitrogens with zero attached hydrogens (tertiary/aromatic N) is 2. The van der Waals surface area contributed by atoms with Gasteiger partial charge in [-0.15, -0.1) is 0 Å². The van der Waals surface area contributed by atoms with Gasteiger partial charge < -0.3 is 5.11 Å². The van der Waals surface area contributed by atoms with Crippen molar-refractivity contribution in [2.24, 2.45) is 0 Å². The van der Waals surface area contributed by atoms with E-state index >= 15 is 0 Å². The number of rotatable bonds is 1. The Morgan fingerprint density at radius 3 is 2.69 bits per heavy atom. The Morgan fingerprint density at radius 2 is 2.12 bits per heavy atom. The summed E-state index contributed by atoms with van der Waals surface area (Å²) < 4.78 is 1.37. The minimum absolute atomic E-state index is 0.0557. The molecule has 0 aliphatic heterocycles. The third kappa shape index (κ3) is 1.58. The number of hydrogen-bond donors (Lipinski definition) is 1. The smallest absolute Gasteiger partial charge is 0.253 e. The summed E-state index contributed by atoms with van der Waals surface area (Å²) in [5.74, 6) is -0.167. The zero-order valence-corrected chi connectivity index (χ0v) is 9.23. The standard InChI is InChI=1S/C12H14N2O2/c1-8-6-11(15)14(9-4-2-3-5-9)12(16)10(8)7-13/h6,9,16H,2-5H2,1H3. The van der Waals surface area contributed by atoms with Crippen molar-refractivity contribution >= 4 is 0 Å². The molecule has 0 unspecified atom stereocenters. The highest BCUT2D eigenvalue weighted by molar-refractivity contribution is 5.44. The lowest BCUT2D eigenvalue weighted by Gasteiger charge is -2.16. The number of aromatic hydroxyl groups is 1. The summed E-state index contributed by atoms with van der Waals surface area (Å²) in [7, 11) is 0. The predicted molar refractivity (Wildman–Crippen MR) is 59.3 cm³/mol. The summed E-state index contributed by atoms with van der Waals surface area (Å²) in [4.78, 5) is 11.8. The van der Waals surface area contributed by atoms with Crippen molar-refractivity contribution in [1.29, 1.82) is 5.26 Å². The molecular weight excluding hydrogens is 204 g/mol. The van der Waals surface area contributed by atoms with Crippen molar-refractivity contribution in [3.63, 3.8) is 0 Å². The molecule has 0 saturated heterocycles. The van der Waals surface area contributed by atoms with Crippen LogP contribution in [-0.4, -0.2) is 9.67 Å². The fraction of sp³-hybridized carbons (Fsp3) is 0.500. The van der Waals surface area contributed by atoms with Crippen LogP contribution in [0, 0.1) is 18.3 Å². The largest absolute Gasteiger partial charge is 0.493 e. The van der Waals surface area contributed by atoms with E-state index < -0.39 is 0 Å². The Morgan fingerprint density at radius 1 is 1.50 bits per heavy atom. The third-order valence-corrected chi connectivity index (χ3v) is 3.23. The highest BCUT2D eigenvalue weighted by Crippen LogP contribution is 2.32. The van der Waals surface area contributed by atoms with Gasteiger partial charge in [0.1, 0.15) is 11.6 Å². The van der Waals surface area contributed by atoms with Crippen LogP contribution in [0.15, 0.2) is 10.9 Å². The highest BCUT2D eigenvalue weighted by Gasteiger charge is 2.22. The van der Waals surface area contributed by atoms with Gasteiger partial charge in [0.25, 0.3) is 5.56 Å². The van der Waals surface area contributed by atoms with Crippen LogP contribution >= 0.6 is 0 Å². The summed E-state index contributed by atoms with van der Waals surface area (Å²) in [6.07, 6.45) is 3.96. The Kier molecular flexibility index (Phi) is 2.69. The molecule has 1 aliphatic carbocycles. The van der Waals surface area contributed by atoms with Gasteiger partial charge in [-0.1, -0.05) is 12.8 Å². The molecule has 0 spiro atoms. The minimum atomic E-state index is -0.208. The number of nitriles is 1. The molecule has 0 radical (unpaired) electrons. The summed E-state index contributed by atoms with van der Waals surface area (Å²) in [5.41, 5.74) is 0.548. The lowest BCUT2D eigenvalue weighted by Crippen LogP contribution is -2.24. The first-order chi connectivity index (χ1) is 7.65. The summed E-state index contributed by atoms with van der Waals surface area (Å²) in [6, 6.07) is 3.43. The second-order valence-electron chi connectivity index (χ2n) is 4.28. The first kappa shape index (κ1) is 10.7. The van der Waals surface area contributed by atoms with Crippen LogP contribution in [0.2, 0.25) is 0 Å². The molecule has 4 nitrogen and oxygen atoms in total. The number of aromatic nitrogens is 1. The number of hydrogen-bond acceptors (Lipinski definition) is 3. The maximum absolute atomic E-state index is 11.8. The zero-order chi connectivity index (χ0) is 11.7. The minimum Gasteiger partial charge on any atom is -0.493 e. The molecular formula is C12H14N2O2. The van der Waals surface area contributed by atoms with Crippen LogP contribution in [-0.2, 0) is 0 Å². The molecule has 84 valence electrons. The van der Waals surface area contributed by atoms with Crippen molar-refractivity contribution in [1.82, 2.24) is 4.57 Å². The van der Waals surface area contributed by atoms with Crippen LogP contribution in [0.25, 0.3) is 0 Å². The Balaban J connectivity index is 2.61. The van der Waals surface area contributed by atoms with E-state index in [4.69, 9.17) is 5.26 Å². The molecule has 1 aliphatic rings. The normalized spacial score (nSPS) is 16.2. The lowest BCUT2D eigenvalue weighted by atomic mass is 10.1. The Labute approximate surface area is 93.8 Å². The molecule has 0 aromatic carbocycles. The van der Waals surface area contributed by atoms with E-state index in [2.05, 4.69) is 0 Å². The molecule has 0 bridgehead atoms. The molecule has 0 amide bonds. The fourth-order valence-corrected chi connectivity index (χ4v) is 2.38. The van der Waals surface area contributed by atoms with Gasteiger partial charge >= 0.3 is 0 Å². The molecule has 4 heteroatoms. The first-order valence-corrected chi connectivity index (χ1v) is 5.50. The van der Waals surface area contributed by atoms with E-state index in [0.717, 1.165) is 25.7 Å². The average Bonchev–Trinajstić information content (AvgIpc) is 2.70. The second-order valence-corrected chi connectivity index (χ2v) is 4.28. The number of pyridine rings is 1. The fourth-order valence-electron chi connectivity index (χ4n) is 2.38. The molecule has 1 N–H and O–H groups in total. The maximum Gasteiger partial charge on any atom is 0.253 e. The van der Waals surface area contributed by atoms with Gasteiger partial charge in [0, 0.05) is 12.1 Å². The van der Waals surface area contributed by atoms with Crippen molar-refractivity contribution in [3.8, 4) is 11.9 Å². The van der Waals surface area contributed by atoms with Crippen molar-refractivity contribution in [2.45, 2.75) is 38.6 Å². The van der Waals surface area contributed by atoms with Gasteiger partial charge in [-0.3, -0.25) is 9.36 Å². The van der Waals surface area contributed by atoms with Crippen LogP contribution in [0.4, 0.5) is 0 Å². The van der Waals surface area contributed by atoms with E-state index in [0.29, 0.717) is 5.56 Å². The lowest BCUT2D eigenvalue weighted by molar-refractivity contribution is 0.367. The Bertz CT molecular complexity index is 505. The van der Waals surface area contributed by atoms with Crippen LogP contribution in [0.3, 0.4) is 0 Å². The Hall–Kier alpha value is -1.76. The molecule has 16 heavy (non-hydrogen) atoms. The summed E-state index contributed by atoms with van der Waals surface area (Å²) in [5, 5.41) is 18.9. The SMILES string of the molecule is Cc1cc(=O)n(C2CCCC2)c(O)c1C#N. The van der Waals surface area contributed by atoms with E-state index in [1.165, 1.54) is 10.6 Å². The van der Waals surface area contributed by atoms with E-state index in [9.17, 15) is 9.90 Å². The molecule has 1 aromatic heterocycles. The summed E-state index contributed by atoms with van der Waals surface area (Å²) >= 11 is 0. The highest BCUT2D eigenvalue weighted by atomic mass is 16.3. The van der Waals surface area contributed by atoms with E-state index in [-0.39, 0.29) is 23.0 Å². The molecule has 1 aromatic rings. The van der Waals surface area contributed by atoms with Crippen LogP contribution < -0.4 is 5.56 Å². The van der Waals surface area contributed by atoms with E-state index in [1.54, 1.807) is 6.92 Å². The van der Waals surface area contributed by atoms with Gasteiger partial charge in [0.2, 0.25) is 5.88 Å². The predicted octanol–water partition coefficient (Wildman–Crippen LogP) is 1.85. The van der Waals surface area contributed by atoms with Crippen molar-refractivity contribution < 1.29 is 5.11 Å². The topological polar surface area (TPSA) is 66.0 Å². The molecule has 1 heterocycles. The molecule has 1 saturated carbocycles. The monoisotopic (exact) mass is 218 g/mol. The van der Waals surface area contributed by atoms with Crippen LogP contribution in [0.5, 0.6) is 5.88 Å². The van der Waals surface area contributed by atoms with Gasteiger partial charge in [0.05, 0.1) is 0 Å². The first-order valence-electron chi connectivity index (χ1n) is 5.50. The molecule has 2 rings (SSSR count). The van der Waals surface area contributed by atoms with Crippen molar-refractivity contribution in [2.75, 3.05) is 0 Å². The summed E-state index contributed by atoms with van der Waals surface area (Å²) in [6.45, 7) is 1.67. The van der Waals surface area contributed by atoms with E-state index in [1.807, 2.05) is 6.07 Å². The quantitative estimate of drug-likeness (QED) is 0.782.